The van der Waals surface area contributed by atoms with E-state index < -0.39 is 5.92 Å². The van der Waals surface area contributed by atoms with Crippen molar-refractivity contribution in [2.75, 3.05) is 28.4 Å². The fourth-order valence-electron chi connectivity index (χ4n) is 3.31. The van der Waals surface area contributed by atoms with Crippen LogP contribution in [-0.4, -0.2) is 40.0 Å². The van der Waals surface area contributed by atoms with Crippen LogP contribution in [0.2, 0.25) is 0 Å². The van der Waals surface area contributed by atoms with E-state index in [1.807, 2.05) is 6.92 Å². The molecule has 150 valence electrons. The minimum atomic E-state index is -0.418. The molecule has 0 aliphatic rings. The minimum absolute atomic E-state index is 0.0175. The van der Waals surface area contributed by atoms with Crippen molar-refractivity contribution in [2.45, 2.75) is 26.2 Å². The van der Waals surface area contributed by atoms with Crippen molar-refractivity contribution in [1.82, 2.24) is 0 Å². The first-order chi connectivity index (χ1) is 13.4. The summed E-state index contributed by atoms with van der Waals surface area (Å²) < 4.78 is 21.4. The van der Waals surface area contributed by atoms with E-state index in [1.165, 1.54) is 35.4 Å². The zero-order valence-corrected chi connectivity index (χ0v) is 17.1. The molecule has 0 saturated heterocycles. The highest BCUT2D eigenvalue weighted by Gasteiger charge is 2.28. The van der Waals surface area contributed by atoms with Gasteiger partial charge in [0.05, 0.1) is 34.0 Å². The molecule has 0 amide bonds. The van der Waals surface area contributed by atoms with Gasteiger partial charge in [-0.25, -0.2) is 0 Å². The second-order valence-corrected chi connectivity index (χ2v) is 6.24. The summed E-state index contributed by atoms with van der Waals surface area (Å²) in [5.74, 6) is 0.969. The van der Waals surface area contributed by atoms with E-state index >= 15 is 0 Å². The third-order valence-corrected chi connectivity index (χ3v) is 4.73. The first kappa shape index (κ1) is 21.3. The Balaban J connectivity index is 2.73. The average molecular weight is 386 g/mol. The van der Waals surface area contributed by atoms with Crippen LogP contribution in [0.1, 0.15) is 47.7 Å². The number of ether oxygens (including phenoxy) is 4. The maximum atomic E-state index is 13.5. The predicted molar refractivity (Wildman–Crippen MR) is 106 cm³/mol. The van der Waals surface area contributed by atoms with Crippen molar-refractivity contribution in [1.29, 1.82) is 0 Å². The molecule has 2 rings (SSSR count). The van der Waals surface area contributed by atoms with E-state index in [0.717, 1.165) is 0 Å². The maximum Gasteiger partial charge on any atom is 0.197 e. The van der Waals surface area contributed by atoms with Crippen LogP contribution in [0, 0.1) is 0 Å². The summed E-state index contributed by atoms with van der Waals surface area (Å²) in [6.45, 7) is 3.43. The number of ketones is 2. The zero-order chi connectivity index (χ0) is 20.8. The van der Waals surface area contributed by atoms with Gasteiger partial charge < -0.3 is 18.9 Å². The number of Topliss-reactive ketones (excluding diaryl/α,β-unsaturated/α-hetero) is 1. The summed E-state index contributed by atoms with van der Waals surface area (Å²) in [7, 11) is 6.01. The number of hydrogen-bond donors (Lipinski definition) is 0. The van der Waals surface area contributed by atoms with E-state index in [9.17, 15) is 9.59 Å². The van der Waals surface area contributed by atoms with Gasteiger partial charge in [-0.1, -0.05) is 13.0 Å². The van der Waals surface area contributed by atoms with E-state index in [2.05, 4.69) is 0 Å². The Kier molecular flexibility index (Phi) is 7.04. The first-order valence-corrected chi connectivity index (χ1v) is 8.95. The lowest BCUT2D eigenvalue weighted by atomic mass is 9.85. The molecule has 0 bridgehead atoms. The molecule has 28 heavy (non-hydrogen) atoms. The lowest BCUT2D eigenvalue weighted by Gasteiger charge is -2.20. The molecule has 0 aromatic heterocycles. The van der Waals surface area contributed by atoms with Crippen molar-refractivity contribution < 1.29 is 28.5 Å². The summed E-state index contributed by atoms with van der Waals surface area (Å²) >= 11 is 0. The van der Waals surface area contributed by atoms with E-state index in [4.69, 9.17) is 18.9 Å². The summed E-state index contributed by atoms with van der Waals surface area (Å²) in [5, 5.41) is 0. The largest absolute Gasteiger partial charge is 0.493 e. The van der Waals surface area contributed by atoms with Gasteiger partial charge in [-0.2, -0.15) is 0 Å². The number of methoxy groups -OCH3 is 4. The fourth-order valence-corrected chi connectivity index (χ4v) is 3.31. The second kappa shape index (κ2) is 9.26. The molecular weight excluding hydrogens is 360 g/mol. The molecule has 1 unspecified atom stereocenters. The predicted octanol–water partition coefficient (Wildman–Crippen LogP) is 4.03. The van der Waals surface area contributed by atoms with Crippen molar-refractivity contribution in [2.24, 2.45) is 0 Å². The Morgan fingerprint density at radius 1 is 0.857 bits per heavy atom. The van der Waals surface area contributed by atoms with Crippen LogP contribution < -0.4 is 18.9 Å². The summed E-state index contributed by atoms with van der Waals surface area (Å²) in [6.07, 6.45) is 0.566. The molecule has 0 radical (unpaired) electrons. The number of carbonyl (C=O) groups excluding carboxylic acids is 2. The van der Waals surface area contributed by atoms with Crippen molar-refractivity contribution in [3.8, 4) is 23.0 Å². The van der Waals surface area contributed by atoms with Crippen LogP contribution >= 0.6 is 0 Å². The van der Waals surface area contributed by atoms with Crippen molar-refractivity contribution in [3.63, 3.8) is 0 Å². The van der Waals surface area contributed by atoms with Gasteiger partial charge in [0.15, 0.2) is 28.8 Å². The van der Waals surface area contributed by atoms with Gasteiger partial charge in [0, 0.05) is 11.5 Å². The first-order valence-electron chi connectivity index (χ1n) is 8.95. The highest BCUT2D eigenvalue weighted by atomic mass is 16.5. The van der Waals surface area contributed by atoms with Crippen LogP contribution in [0.5, 0.6) is 23.0 Å². The van der Waals surface area contributed by atoms with E-state index in [-0.39, 0.29) is 11.6 Å². The molecule has 0 heterocycles. The van der Waals surface area contributed by atoms with Gasteiger partial charge >= 0.3 is 0 Å². The average Bonchev–Trinajstić information content (AvgIpc) is 2.72. The van der Waals surface area contributed by atoms with Crippen LogP contribution in [0.15, 0.2) is 30.3 Å². The summed E-state index contributed by atoms with van der Waals surface area (Å²) in [5.41, 5.74) is 1.33. The van der Waals surface area contributed by atoms with Crippen molar-refractivity contribution >= 4 is 11.6 Å². The SMILES string of the molecule is CCC(C(C)=O)c1ccc(OC)c(OC)c1C(=O)c1ccc(OC)c(OC)c1. The molecule has 0 spiro atoms. The molecule has 0 saturated carbocycles. The Morgan fingerprint density at radius 2 is 1.46 bits per heavy atom. The highest BCUT2D eigenvalue weighted by molar-refractivity contribution is 6.13. The number of hydrogen-bond acceptors (Lipinski definition) is 6. The molecule has 6 nitrogen and oxygen atoms in total. The monoisotopic (exact) mass is 386 g/mol. The quantitative estimate of drug-likeness (QED) is 0.606. The van der Waals surface area contributed by atoms with Gasteiger partial charge in [-0.05, 0) is 43.2 Å². The minimum Gasteiger partial charge on any atom is -0.493 e. The van der Waals surface area contributed by atoms with Crippen LogP contribution in [-0.2, 0) is 4.79 Å². The third kappa shape index (κ3) is 3.96. The third-order valence-electron chi connectivity index (χ3n) is 4.73. The summed E-state index contributed by atoms with van der Waals surface area (Å²) in [6, 6.07) is 8.40. The second-order valence-electron chi connectivity index (χ2n) is 6.24. The lowest BCUT2D eigenvalue weighted by Crippen LogP contribution is -2.16. The van der Waals surface area contributed by atoms with E-state index in [1.54, 1.807) is 30.3 Å². The van der Waals surface area contributed by atoms with Gasteiger partial charge in [0.1, 0.15) is 5.78 Å². The maximum absolute atomic E-state index is 13.5. The van der Waals surface area contributed by atoms with E-state index in [0.29, 0.717) is 46.1 Å². The molecule has 1 atom stereocenters. The molecule has 6 heteroatoms. The number of benzene rings is 2. The molecule has 0 aliphatic carbocycles. The van der Waals surface area contributed by atoms with Gasteiger partial charge in [0.2, 0.25) is 0 Å². The molecule has 0 aliphatic heterocycles. The topological polar surface area (TPSA) is 71.1 Å². The Hall–Kier alpha value is -3.02. The summed E-state index contributed by atoms with van der Waals surface area (Å²) in [4.78, 5) is 25.7. The van der Waals surface area contributed by atoms with Gasteiger partial charge in [-0.3, -0.25) is 9.59 Å². The standard InChI is InChI=1S/C22H26O6/c1-7-15(13(2)23)16-9-11-18(26-4)22(28-6)20(16)21(24)14-8-10-17(25-3)19(12-14)27-5/h8-12,15H,7H2,1-6H3. The zero-order valence-electron chi connectivity index (χ0n) is 17.1. The van der Waals surface area contributed by atoms with Gasteiger partial charge in [0.25, 0.3) is 0 Å². The van der Waals surface area contributed by atoms with Crippen LogP contribution in [0.4, 0.5) is 0 Å². The Bertz CT molecular complexity index is 872. The highest BCUT2D eigenvalue weighted by Crippen LogP contribution is 2.40. The Morgan fingerprint density at radius 3 is 1.96 bits per heavy atom. The molecule has 2 aromatic rings. The smallest absolute Gasteiger partial charge is 0.197 e. The molecule has 0 fully saturated rings. The Labute approximate surface area is 165 Å². The molecule has 2 aromatic carbocycles. The van der Waals surface area contributed by atoms with Crippen molar-refractivity contribution in [3.05, 3.63) is 47.0 Å². The normalized spacial score (nSPS) is 11.5. The van der Waals surface area contributed by atoms with Gasteiger partial charge in [-0.15, -0.1) is 0 Å². The fraction of sp³-hybridized carbons (Fsp3) is 0.364. The van der Waals surface area contributed by atoms with Crippen LogP contribution in [0.25, 0.3) is 0 Å². The van der Waals surface area contributed by atoms with Crippen LogP contribution in [0.3, 0.4) is 0 Å². The number of carbonyl (C=O) groups is 2. The molecule has 0 N–H and O–H groups in total. The lowest BCUT2D eigenvalue weighted by molar-refractivity contribution is -0.118. The molecular formula is C22H26O6. The number of rotatable bonds is 9.